The van der Waals surface area contributed by atoms with Gasteiger partial charge < -0.3 is 5.32 Å². The van der Waals surface area contributed by atoms with Crippen molar-refractivity contribution in [1.29, 1.82) is 0 Å². The smallest absolute Gasteiger partial charge is 0.0250 e. The average molecular weight is 296 g/mol. The first-order valence-corrected chi connectivity index (χ1v) is 9.44. The van der Waals surface area contributed by atoms with Gasteiger partial charge in [0.1, 0.15) is 0 Å². The Hall–Kier alpha value is -0.120. The highest BCUT2D eigenvalue weighted by Gasteiger charge is 2.30. The van der Waals surface area contributed by atoms with E-state index >= 15 is 0 Å². The van der Waals surface area contributed by atoms with Gasteiger partial charge in [0.15, 0.2) is 0 Å². The summed E-state index contributed by atoms with van der Waals surface area (Å²) >= 11 is 0. The number of piperazine rings is 1. The summed E-state index contributed by atoms with van der Waals surface area (Å²) in [5.41, 5.74) is 0. The standard InChI is InChI=1S/C18H37N3/c1-4-11-19-17-9-7-5-6-8-10-18(17)21-14-12-20(13-15-21)16(2)3/h16-19H,4-15H2,1-3H3. The van der Waals surface area contributed by atoms with Crippen LogP contribution in [0.15, 0.2) is 0 Å². The molecule has 0 aromatic carbocycles. The SMILES string of the molecule is CCCNC1CCCCCCC1N1CCN(C(C)C)CC1. The molecule has 2 aliphatic rings. The normalized spacial score (nSPS) is 30.3. The molecule has 0 aromatic rings. The third-order valence-electron chi connectivity index (χ3n) is 5.43. The molecular formula is C18H37N3. The lowest BCUT2D eigenvalue weighted by Gasteiger charge is -2.44. The van der Waals surface area contributed by atoms with E-state index in [0.717, 1.165) is 12.1 Å². The maximum absolute atomic E-state index is 3.87. The van der Waals surface area contributed by atoms with Crippen molar-refractivity contribution in [3.63, 3.8) is 0 Å². The van der Waals surface area contributed by atoms with Gasteiger partial charge in [0, 0.05) is 44.3 Å². The van der Waals surface area contributed by atoms with Crippen LogP contribution in [0.1, 0.15) is 65.7 Å². The van der Waals surface area contributed by atoms with E-state index in [2.05, 4.69) is 35.9 Å². The summed E-state index contributed by atoms with van der Waals surface area (Å²) in [6.07, 6.45) is 9.78. The molecule has 1 N–H and O–H groups in total. The van der Waals surface area contributed by atoms with Crippen LogP contribution in [0.5, 0.6) is 0 Å². The van der Waals surface area contributed by atoms with Crippen molar-refractivity contribution >= 4 is 0 Å². The second kappa shape index (κ2) is 9.12. The minimum absolute atomic E-state index is 0.707. The van der Waals surface area contributed by atoms with E-state index < -0.39 is 0 Å². The van der Waals surface area contributed by atoms with Crippen LogP contribution < -0.4 is 5.32 Å². The Balaban J connectivity index is 1.92. The van der Waals surface area contributed by atoms with Crippen LogP contribution in [0, 0.1) is 0 Å². The predicted octanol–water partition coefficient (Wildman–Crippen LogP) is 3.10. The molecule has 0 radical (unpaired) electrons. The monoisotopic (exact) mass is 295 g/mol. The lowest BCUT2D eigenvalue weighted by Crippen LogP contribution is -2.57. The van der Waals surface area contributed by atoms with Crippen LogP contribution in [0.3, 0.4) is 0 Å². The Labute approximate surface area is 132 Å². The quantitative estimate of drug-likeness (QED) is 0.841. The maximum atomic E-state index is 3.87. The molecule has 1 saturated carbocycles. The van der Waals surface area contributed by atoms with E-state index in [1.54, 1.807) is 0 Å². The van der Waals surface area contributed by atoms with Gasteiger partial charge in [-0.2, -0.15) is 0 Å². The van der Waals surface area contributed by atoms with Crippen molar-refractivity contribution in [2.75, 3.05) is 32.7 Å². The van der Waals surface area contributed by atoms with Crippen LogP contribution >= 0.6 is 0 Å². The average Bonchev–Trinajstić information content (AvgIpc) is 2.47. The van der Waals surface area contributed by atoms with Gasteiger partial charge >= 0.3 is 0 Å². The van der Waals surface area contributed by atoms with Gasteiger partial charge in [-0.25, -0.2) is 0 Å². The molecular weight excluding hydrogens is 258 g/mol. The van der Waals surface area contributed by atoms with Gasteiger partial charge in [0.05, 0.1) is 0 Å². The summed E-state index contributed by atoms with van der Waals surface area (Å²) < 4.78 is 0. The van der Waals surface area contributed by atoms with Crippen molar-refractivity contribution in [3.8, 4) is 0 Å². The Morgan fingerprint density at radius 1 is 0.952 bits per heavy atom. The van der Waals surface area contributed by atoms with Crippen LogP contribution in [0.4, 0.5) is 0 Å². The van der Waals surface area contributed by atoms with Crippen molar-refractivity contribution in [2.24, 2.45) is 0 Å². The van der Waals surface area contributed by atoms with E-state index in [9.17, 15) is 0 Å². The molecule has 3 heteroatoms. The van der Waals surface area contributed by atoms with Crippen LogP contribution in [0.25, 0.3) is 0 Å². The maximum Gasteiger partial charge on any atom is 0.0250 e. The van der Waals surface area contributed by atoms with E-state index in [-0.39, 0.29) is 0 Å². The van der Waals surface area contributed by atoms with E-state index in [1.807, 2.05) is 0 Å². The molecule has 1 aliphatic carbocycles. The summed E-state index contributed by atoms with van der Waals surface area (Å²) in [4.78, 5) is 5.44. The second-order valence-corrected chi connectivity index (χ2v) is 7.29. The molecule has 124 valence electrons. The van der Waals surface area contributed by atoms with Crippen molar-refractivity contribution in [1.82, 2.24) is 15.1 Å². The van der Waals surface area contributed by atoms with Crippen LogP contribution in [-0.4, -0.2) is 60.6 Å². The predicted molar refractivity (Wildman–Crippen MR) is 91.9 cm³/mol. The fourth-order valence-corrected chi connectivity index (χ4v) is 4.06. The number of nitrogens with zero attached hydrogens (tertiary/aromatic N) is 2. The van der Waals surface area contributed by atoms with Gasteiger partial charge in [-0.05, 0) is 39.7 Å². The Bertz CT molecular complexity index is 270. The van der Waals surface area contributed by atoms with E-state index in [1.165, 1.54) is 77.7 Å². The molecule has 1 heterocycles. The van der Waals surface area contributed by atoms with Gasteiger partial charge in [0.2, 0.25) is 0 Å². The lowest BCUT2D eigenvalue weighted by atomic mass is 9.90. The molecule has 0 bridgehead atoms. The lowest BCUT2D eigenvalue weighted by molar-refractivity contribution is 0.0550. The summed E-state index contributed by atoms with van der Waals surface area (Å²) in [5.74, 6) is 0. The first-order valence-electron chi connectivity index (χ1n) is 9.44. The van der Waals surface area contributed by atoms with Crippen molar-refractivity contribution < 1.29 is 0 Å². The molecule has 21 heavy (non-hydrogen) atoms. The number of rotatable bonds is 5. The summed E-state index contributed by atoms with van der Waals surface area (Å²) in [7, 11) is 0. The van der Waals surface area contributed by atoms with Gasteiger partial charge in [-0.3, -0.25) is 9.80 Å². The summed E-state index contributed by atoms with van der Waals surface area (Å²) in [6, 6.07) is 2.22. The first-order chi connectivity index (χ1) is 10.2. The first kappa shape index (κ1) is 17.2. The van der Waals surface area contributed by atoms with Crippen LogP contribution in [0.2, 0.25) is 0 Å². The number of hydrogen-bond acceptors (Lipinski definition) is 3. The third-order valence-corrected chi connectivity index (χ3v) is 5.43. The molecule has 2 atom stereocenters. The number of nitrogens with one attached hydrogen (secondary N) is 1. The molecule has 2 unspecified atom stereocenters. The highest BCUT2D eigenvalue weighted by atomic mass is 15.3. The zero-order chi connectivity index (χ0) is 15.1. The Kier molecular flexibility index (Phi) is 7.48. The summed E-state index contributed by atoms with van der Waals surface area (Å²) in [5, 5.41) is 3.87. The number of hydrogen-bond donors (Lipinski definition) is 1. The molecule has 0 aromatic heterocycles. The minimum atomic E-state index is 0.707. The highest BCUT2D eigenvalue weighted by molar-refractivity contribution is 4.89. The zero-order valence-electron chi connectivity index (χ0n) is 14.6. The Morgan fingerprint density at radius 3 is 2.24 bits per heavy atom. The molecule has 1 aliphatic heterocycles. The molecule has 3 nitrogen and oxygen atoms in total. The molecule has 2 fully saturated rings. The van der Waals surface area contributed by atoms with Crippen molar-refractivity contribution in [2.45, 2.75) is 83.8 Å². The van der Waals surface area contributed by atoms with Crippen molar-refractivity contribution in [3.05, 3.63) is 0 Å². The molecule has 1 saturated heterocycles. The molecule has 0 spiro atoms. The van der Waals surface area contributed by atoms with E-state index in [0.29, 0.717) is 6.04 Å². The van der Waals surface area contributed by atoms with Gasteiger partial charge in [0.25, 0.3) is 0 Å². The highest BCUT2D eigenvalue weighted by Crippen LogP contribution is 2.23. The topological polar surface area (TPSA) is 18.5 Å². The zero-order valence-corrected chi connectivity index (χ0v) is 14.6. The Morgan fingerprint density at radius 2 is 1.62 bits per heavy atom. The second-order valence-electron chi connectivity index (χ2n) is 7.29. The summed E-state index contributed by atoms with van der Waals surface area (Å²) in [6.45, 7) is 13.2. The van der Waals surface area contributed by atoms with Gasteiger partial charge in [-0.1, -0.05) is 32.6 Å². The van der Waals surface area contributed by atoms with E-state index in [4.69, 9.17) is 0 Å². The largest absolute Gasteiger partial charge is 0.312 e. The molecule has 2 rings (SSSR count). The fraction of sp³-hybridized carbons (Fsp3) is 1.00. The molecule has 0 amide bonds. The van der Waals surface area contributed by atoms with Gasteiger partial charge in [-0.15, -0.1) is 0 Å². The van der Waals surface area contributed by atoms with Crippen LogP contribution in [-0.2, 0) is 0 Å². The third kappa shape index (κ3) is 5.22. The minimum Gasteiger partial charge on any atom is -0.312 e. The fourth-order valence-electron chi connectivity index (χ4n) is 4.06.